The largest absolute Gasteiger partial charge is 0.392 e. The third-order valence-corrected chi connectivity index (χ3v) is 8.91. The SMILES string of the molecule is O=C(CCCCCC(=O)NCc1cccc(-c2ccc([C@H]3O[C@@H](Cn4cnc5ccccc54)C[C@@H](c4ccc(CO)cc4)O3)cc2)c1)NO. The number of hydroxylamine groups is 1. The van der Waals surface area contributed by atoms with Gasteiger partial charge >= 0.3 is 0 Å². The van der Waals surface area contributed by atoms with Crippen LogP contribution < -0.4 is 10.8 Å². The Balaban J connectivity index is 1.11. The van der Waals surface area contributed by atoms with E-state index < -0.39 is 12.2 Å². The van der Waals surface area contributed by atoms with Crippen molar-refractivity contribution in [2.24, 2.45) is 0 Å². The van der Waals surface area contributed by atoms with Gasteiger partial charge in [-0.1, -0.05) is 85.3 Å². The highest BCUT2D eigenvalue weighted by Gasteiger charge is 2.32. The van der Waals surface area contributed by atoms with Crippen LogP contribution in [-0.2, 0) is 38.8 Å². The van der Waals surface area contributed by atoms with Gasteiger partial charge in [-0.05, 0) is 58.9 Å². The summed E-state index contributed by atoms with van der Waals surface area (Å²) in [6.45, 7) is 1.06. The summed E-state index contributed by atoms with van der Waals surface area (Å²) in [6.07, 6.45) is 4.34. The highest BCUT2D eigenvalue weighted by molar-refractivity contribution is 5.76. The van der Waals surface area contributed by atoms with Crippen molar-refractivity contribution in [3.8, 4) is 11.1 Å². The molecule has 1 aliphatic heterocycles. The normalized spacial score (nSPS) is 17.6. The minimum Gasteiger partial charge on any atom is -0.392 e. The Morgan fingerprint density at radius 3 is 2.33 bits per heavy atom. The van der Waals surface area contributed by atoms with Crippen molar-refractivity contribution in [3.63, 3.8) is 0 Å². The summed E-state index contributed by atoms with van der Waals surface area (Å²) < 4.78 is 15.3. The monoisotopic (exact) mass is 662 g/mol. The van der Waals surface area contributed by atoms with Crippen LogP contribution in [-0.4, -0.2) is 37.8 Å². The number of fused-ring (bicyclic) bond motifs is 1. The Bertz CT molecular complexity index is 1840. The molecule has 0 radical (unpaired) electrons. The molecule has 6 rings (SSSR count). The number of benzene rings is 4. The van der Waals surface area contributed by atoms with E-state index in [1.54, 1.807) is 5.48 Å². The molecular formula is C39H42N4O6. The second-order valence-corrected chi connectivity index (χ2v) is 12.4. The molecule has 0 saturated carbocycles. The van der Waals surface area contributed by atoms with Gasteiger partial charge in [0.2, 0.25) is 11.8 Å². The van der Waals surface area contributed by atoms with Crippen LogP contribution in [0, 0.1) is 0 Å². The number of aliphatic hydroxyl groups excluding tert-OH is 1. The second kappa shape index (κ2) is 16.5. The lowest BCUT2D eigenvalue weighted by molar-refractivity contribution is -0.252. The maximum absolute atomic E-state index is 12.4. The molecule has 3 atom stereocenters. The first-order valence-electron chi connectivity index (χ1n) is 16.8. The molecule has 1 aliphatic rings. The quantitative estimate of drug-likeness (QED) is 0.0605. The van der Waals surface area contributed by atoms with Gasteiger partial charge in [-0.15, -0.1) is 0 Å². The van der Waals surface area contributed by atoms with Crippen molar-refractivity contribution < 1.29 is 29.4 Å². The molecule has 0 spiro atoms. The first kappa shape index (κ1) is 34.0. The summed E-state index contributed by atoms with van der Waals surface area (Å²) in [5, 5.41) is 21.1. The molecule has 5 aromatic rings. The van der Waals surface area contributed by atoms with Gasteiger partial charge in [0.25, 0.3) is 0 Å². The number of hydrogen-bond acceptors (Lipinski definition) is 7. The topological polar surface area (TPSA) is 135 Å². The van der Waals surface area contributed by atoms with Crippen LogP contribution in [0.3, 0.4) is 0 Å². The fourth-order valence-electron chi connectivity index (χ4n) is 6.19. The number of carbonyl (C=O) groups is 2. The summed E-state index contributed by atoms with van der Waals surface area (Å²) in [5.74, 6) is -0.440. The molecule has 1 fully saturated rings. The number of hydrogen-bond donors (Lipinski definition) is 4. The Kier molecular flexibility index (Phi) is 11.4. The summed E-state index contributed by atoms with van der Waals surface area (Å²) in [6, 6.07) is 32.3. The van der Waals surface area contributed by atoms with Crippen molar-refractivity contribution in [2.75, 3.05) is 0 Å². The van der Waals surface area contributed by atoms with Crippen molar-refractivity contribution >= 4 is 22.8 Å². The van der Waals surface area contributed by atoms with Gasteiger partial charge in [0.1, 0.15) is 0 Å². The molecule has 1 saturated heterocycles. The lowest BCUT2D eigenvalue weighted by atomic mass is 9.99. The number of aliphatic hydroxyl groups is 1. The van der Waals surface area contributed by atoms with Gasteiger partial charge in [-0.25, -0.2) is 10.5 Å². The van der Waals surface area contributed by atoms with E-state index in [1.165, 1.54) is 0 Å². The molecule has 4 N–H and O–H groups in total. The van der Waals surface area contributed by atoms with Crippen molar-refractivity contribution in [2.45, 2.75) is 76.7 Å². The average Bonchev–Trinajstić information content (AvgIpc) is 3.56. The van der Waals surface area contributed by atoms with Crippen LogP contribution in [0.2, 0.25) is 0 Å². The minimum absolute atomic E-state index is 0.00568. The number of nitrogens with zero attached hydrogens (tertiary/aromatic N) is 2. The number of amides is 2. The molecule has 2 heterocycles. The van der Waals surface area contributed by atoms with Gasteiger partial charge in [0.05, 0.1) is 42.7 Å². The third-order valence-electron chi connectivity index (χ3n) is 8.91. The number of carbonyl (C=O) groups excluding carboxylic acids is 2. The van der Waals surface area contributed by atoms with Crippen LogP contribution in [0.15, 0.2) is 103 Å². The zero-order valence-corrected chi connectivity index (χ0v) is 27.3. The molecule has 0 unspecified atom stereocenters. The number of ether oxygens (including phenoxy) is 2. The van der Waals surface area contributed by atoms with E-state index in [1.807, 2.05) is 79.1 Å². The van der Waals surface area contributed by atoms with Gasteiger partial charge in [0.15, 0.2) is 6.29 Å². The molecule has 10 nitrogen and oxygen atoms in total. The molecule has 0 bridgehead atoms. The standard InChI is InChI=1S/C39H42N4O6/c44-25-27-13-15-30(16-14-27)36-22-33(24-43-26-41-34-9-4-5-10-35(34)43)48-39(49-36)31-19-17-29(18-20-31)32-8-6-7-28(21-32)23-40-37(45)11-2-1-3-12-38(46)42-47/h4-10,13-21,26,33,36,39,44,47H,1-3,11-12,22-25H2,(H,40,45)(H,42,46)/t33-,36+,39+/m1/s1. The van der Waals surface area contributed by atoms with Gasteiger partial charge < -0.3 is 24.5 Å². The molecular weight excluding hydrogens is 620 g/mol. The van der Waals surface area contributed by atoms with Crippen molar-refractivity contribution in [3.05, 3.63) is 126 Å². The summed E-state index contributed by atoms with van der Waals surface area (Å²) >= 11 is 0. The number of nitrogens with one attached hydrogen (secondary N) is 2. The number of rotatable bonds is 14. The molecule has 1 aromatic heterocycles. The van der Waals surface area contributed by atoms with Crippen LogP contribution in [0.1, 0.15) is 73.2 Å². The predicted molar refractivity (Wildman–Crippen MR) is 185 cm³/mol. The zero-order chi connectivity index (χ0) is 34.0. The van der Waals surface area contributed by atoms with Gasteiger partial charge in [-0.3, -0.25) is 14.8 Å². The van der Waals surface area contributed by atoms with Gasteiger partial charge in [-0.2, -0.15) is 0 Å². The fraction of sp³-hybridized carbons (Fsp3) is 0.308. The van der Waals surface area contributed by atoms with E-state index in [0.717, 1.165) is 50.8 Å². The Morgan fingerprint density at radius 1 is 0.796 bits per heavy atom. The number of aromatic nitrogens is 2. The van der Waals surface area contributed by atoms with Crippen LogP contribution in [0.5, 0.6) is 0 Å². The van der Waals surface area contributed by atoms with Crippen LogP contribution in [0.4, 0.5) is 0 Å². The second-order valence-electron chi connectivity index (χ2n) is 12.4. The molecule has 254 valence electrons. The number of para-hydroxylation sites is 2. The Hall–Kier alpha value is -4.87. The highest BCUT2D eigenvalue weighted by atomic mass is 16.7. The van der Waals surface area contributed by atoms with E-state index in [2.05, 4.69) is 39.1 Å². The summed E-state index contributed by atoms with van der Waals surface area (Å²) in [4.78, 5) is 28.0. The van der Waals surface area contributed by atoms with Crippen LogP contribution in [0.25, 0.3) is 22.2 Å². The summed E-state index contributed by atoms with van der Waals surface area (Å²) in [5.41, 5.74) is 9.52. The molecule has 0 aliphatic carbocycles. The lowest BCUT2D eigenvalue weighted by Gasteiger charge is -2.36. The minimum atomic E-state index is -0.571. The maximum atomic E-state index is 12.4. The smallest absolute Gasteiger partial charge is 0.243 e. The van der Waals surface area contributed by atoms with E-state index >= 15 is 0 Å². The zero-order valence-electron chi connectivity index (χ0n) is 27.3. The maximum Gasteiger partial charge on any atom is 0.243 e. The first-order valence-corrected chi connectivity index (χ1v) is 16.8. The van der Waals surface area contributed by atoms with E-state index in [4.69, 9.17) is 14.7 Å². The van der Waals surface area contributed by atoms with E-state index in [9.17, 15) is 14.7 Å². The van der Waals surface area contributed by atoms with Gasteiger partial charge in [0, 0.05) is 31.4 Å². The van der Waals surface area contributed by atoms with E-state index in [-0.39, 0.29) is 31.1 Å². The number of imidazole rings is 1. The lowest BCUT2D eigenvalue weighted by Crippen LogP contribution is -2.32. The van der Waals surface area contributed by atoms with Crippen molar-refractivity contribution in [1.82, 2.24) is 20.3 Å². The van der Waals surface area contributed by atoms with Crippen LogP contribution >= 0.6 is 0 Å². The third kappa shape index (κ3) is 8.98. The fourth-order valence-corrected chi connectivity index (χ4v) is 6.19. The average molecular weight is 663 g/mol. The first-order chi connectivity index (χ1) is 24.0. The molecule has 2 amide bonds. The van der Waals surface area contributed by atoms with Crippen molar-refractivity contribution in [1.29, 1.82) is 0 Å². The Morgan fingerprint density at radius 2 is 1.55 bits per heavy atom. The molecule has 49 heavy (non-hydrogen) atoms. The molecule has 4 aromatic carbocycles. The Labute approximate surface area is 285 Å². The highest BCUT2D eigenvalue weighted by Crippen LogP contribution is 2.39. The van der Waals surface area contributed by atoms with E-state index in [0.29, 0.717) is 38.8 Å². The molecule has 10 heteroatoms. The predicted octanol–water partition coefficient (Wildman–Crippen LogP) is 6.51. The summed E-state index contributed by atoms with van der Waals surface area (Å²) in [7, 11) is 0. The number of unbranched alkanes of at least 4 members (excludes halogenated alkanes) is 2.